The molecule has 0 heterocycles. The summed E-state index contributed by atoms with van der Waals surface area (Å²) in [5.41, 5.74) is -0.541. The second-order valence-corrected chi connectivity index (χ2v) is 4.64. The average Bonchev–Trinajstić information content (AvgIpc) is 1.81. The first-order valence-electron chi connectivity index (χ1n) is 4.21. The molecule has 0 spiro atoms. The van der Waals surface area contributed by atoms with Gasteiger partial charge >= 0.3 is 0 Å². The van der Waals surface area contributed by atoms with E-state index in [9.17, 15) is 0 Å². The van der Waals surface area contributed by atoms with Crippen LogP contribution in [0, 0.1) is 0 Å². The van der Waals surface area contributed by atoms with Crippen LogP contribution in [-0.2, 0) is 0 Å². The summed E-state index contributed by atoms with van der Waals surface area (Å²) in [5.74, 6) is 0. The molecule has 0 radical (unpaired) electrons. The zero-order valence-electron chi connectivity index (χ0n) is 8.40. The van der Waals surface area contributed by atoms with Gasteiger partial charge in [-0.05, 0) is 27.7 Å². The molecule has 3 N–H and O–H groups in total. The quantitative estimate of drug-likeness (QED) is 0.288. The summed E-state index contributed by atoms with van der Waals surface area (Å²) in [5, 5.41) is 2.47. The van der Waals surface area contributed by atoms with Crippen LogP contribution in [0.1, 0.15) is 27.7 Å². The van der Waals surface area contributed by atoms with Crippen LogP contribution in [0.15, 0.2) is 0 Å². The maximum atomic E-state index is 8.73. The standard InChI is InChI=1S/C7H18ClN2O2P/c1-5(2)10(6(3)4)7(8)9-13(11)12/h5-7,9,11-12H,1-4H3. The van der Waals surface area contributed by atoms with E-state index in [1.807, 2.05) is 32.6 Å². The highest BCUT2D eigenvalue weighted by Gasteiger charge is 2.23. The molecule has 6 heteroatoms. The minimum atomic E-state index is -2.15. The maximum Gasteiger partial charge on any atom is 0.252 e. The lowest BCUT2D eigenvalue weighted by atomic mass is 10.2. The van der Waals surface area contributed by atoms with Crippen molar-refractivity contribution in [1.29, 1.82) is 0 Å². The Labute approximate surface area is 85.9 Å². The molecule has 0 bridgehead atoms. The largest absolute Gasteiger partial charge is 0.338 e. The van der Waals surface area contributed by atoms with Gasteiger partial charge < -0.3 is 9.79 Å². The third-order valence-electron chi connectivity index (χ3n) is 1.68. The van der Waals surface area contributed by atoms with Crippen molar-refractivity contribution in [3.63, 3.8) is 0 Å². The minimum absolute atomic E-state index is 0.255. The Kier molecular flexibility index (Phi) is 6.38. The first kappa shape index (κ1) is 13.6. The molecule has 0 aliphatic heterocycles. The van der Waals surface area contributed by atoms with E-state index in [0.29, 0.717) is 0 Å². The van der Waals surface area contributed by atoms with Crippen molar-refractivity contribution in [2.24, 2.45) is 0 Å². The van der Waals surface area contributed by atoms with Crippen LogP contribution in [0.5, 0.6) is 0 Å². The molecule has 0 aliphatic carbocycles. The number of hydrogen-bond donors (Lipinski definition) is 3. The van der Waals surface area contributed by atoms with Gasteiger partial charge in [0, 0.05) is 12.1 Å². The third-order valence-corrected chi connectivity index (χ3v) is 2.64. The van der Waals surface area contributed by atoms with Crippen molar-refractivity contribution in [1.82, 2.24) is 9.99 Å². The van der Waals surface area contributed by atoms with Gasteiger partial charge in [-0.1, -0.05) is 11.6 Å². The van der Waals surface area contributed by atoms with Crippen molar-refractivity contribution in [3.8, 4) is 0 Å². The van der Waals surface area contributed by atoms with Crippen LogP contribution in [0.3, 0.4) is 0 Å². The second-order valence-electron chi connectivity index (χ2n) is 3.39. The van der Waals surface area contributed by atoms with Gasteiger partial charge in [0.25, 0.3) is 8.53 Å². The number of halogens is 1. The van der Waals surface area contributed by atoms with E-state index in [4.69, 9.17) is 21.4 Å². The normalized spacial score (nSPS) is 15.0. The van der Waals surface area contributed by atoms with Crippen molar-refractivity contribution in [2.75, 3.05) is 0 Å². The predicted molar refractivity (Wildman–Crippen MR) is 56.2 cm³/mol. The highest BCUT2D eigenvalue weighted by atomic mass is 35.5. The van der Waals surface area contributed by atoms with Crippen molar-refractivity contribution in [2.45, 2.75) is 45.4 Å². The zero-order valence-corrected chi connectivity index (χ0v) is 10.0. The van der Waals surface area contributed by atoms with Crippen molar-refractivity contribution < 1.29 is 9.79 Å². The van der Waals surface area contributed by atoms with Gasteiger partial charge in [0.05, 0.1) is 0 Å². The van der Waals surface area contributed by atoms with Gasteiger partial charge in [0.2, 0.25) is 0 Å². The summed E-state index contributed by atoms with van der Waals surface area (Å²) < 4.78 is 0. The molecule has 0 aromatic rings. The number of rotatable bonds is 5. The molecule has 80 valence electrons. The molecule has 1 atom stereocenters. The van der Waals surface area contributed by atoms with E-state index in [1.165, 1.54) is 0 Å². The Bertz CT molecular complexity index is 138. The van der Waals surface area contributed by atoms with E-state index in [2.05, 4.69) is 5.09 Å². The van der Waals surface area contributed by atoms with Gasteiger partial charge in [-0.25, -0.2) is 5.09 Å². The van der Waals surface area contributed by atoms with Gasteiger partial charge in [-0.2, -0.15) is 0 Å². The molecule has 0 fully saturated rings. The van der Waals surface area contributed by atoms with E-state index in [0.717, 1.165) is 0 Å². The number of hydrogen-bond acceptors (Lipinski definition) is 4. The Balaban J connectivity index is 4.20. The van der Waals surface area contributed by atoms with Gasteiger partial charge in [0.1, 0.15) is 5.62 Å². The summed E-state index contributed by atoms with van der Waals surface area (Å²) in [6.45, 7) is 8.03. The van der Waals surface area contributed by atoms with Crippen molar-refractivity contribution in [3.05, 3.63) is 0 Å². The lowest BCUT2D eigenvalue weighted by molar-refractivity contribution is 0.147. The maximum absolute atomic E-state index is 8.73. The SMILES string of the molecule is CC(C)N(C(C)C)C(Cl)NP(O)O. The van der Waals surface area contributed by atoms with E-state index < -0.39 is 14.2 Å². The molecular weight excluding hydrogens is 211 g/mol. The topological polar surface area (TPSA) is 55.7 Å². The summed E-state index contributed by atoms with van der Waals surface area (Å²) >= 11 is 5.94. The summed E-state index contributed by atoms with van der Waals surface area (Å²) in [4.78, 5) is 19.4. The van der Waals surface area contributed by atoms with Gasteiger partial charge in [-0.3, -0.25) is 4.90 Å². The minimum Gasteiger partial charge on any atom is -0.338 e. The molecule has 0 saturated carbocycles. The average molecular weight is 229 g/mol. The second kappa shape index (κ2) is 6.12. The molecule has 0 aromatic heterocycles. The molecule has 0 rings (SSSR count). The molecule has 4 nitrogen and oxygen atoms in total. The number of nitrogens with zero attached hydrogens (tertiary/aromatic N) is 1. The fourth-order valence-corrected chi connectivity index (χ4v) is 2.32. The molecule has 0 saturated heterocycles. The van der Waals surface area contributed by atoms with E-state index >= 15 is 0 Å². The van der Waals surface area contributed by atoms with Crippen LogP contribution in [0.2, 0.25) is 0 Å². The summed E-state index contributed by atoms with van der Waals surface area (Å²) in [6.07, 6.45) is 0. The predicted octanol–water partition coefficient (Wildman–Crippen LogP) is 1.43. The van der Waals surface area contributed by atoms with Crippen LogP contribution in [0.25, 0.3) is 0 Å². The van der Waals surface area contributed by atoms with E-state index in [1.54, 1.807) is 0 Å². The Morgan fingerprint density at radius 1 is 1.15 bits per heavy atom. The molecular formula is C7H18ClN2O2P. The third kappa shape index (κ3) is 5.11. The zero-order chi connectivity index (χ0) is 10.6. The molecule has 0 amide bonds. The first-order valence-corrected chi connectivity index (χ1v) is 5.90. The summed E-state index contributed by atoms with van der Waals surface area (Å²) in [6, 6.07) is 0.509. The lowest BCUT2D eigenvalue weighted by Crippen LogP contribution is -2.47. The fraction of sp³-hybridized carbons (Fsp3) is 1.00. The monoisotopic (exact) mass is 228 g/mol. The van der Waals surface area contributed by atoms with Crippen molar-refractivity contribution >= 4 is 20.1 Å². The first-order chi connectivity index (χ1) is 5.86. The highest BCUT2D eigenvalue weighted by molar-refractivity contribution is 7.42. The Hall–Kier alpha value is 0.560. The molecule has 0 aliphatic rings. The van der Waals surface area contributed by atoms with E-state index in [-0.39, 0.29) is 12.1 Å². The Morgan fingerprint density at radius 3 is 1.77 bits per heavy atom. The number of nitrogens with one attached hydrogen (secondary N) is 1. The summed E-state index contributed by atoms with van der Waals surface area (Å²) in [7, 11) is -2.15. The van der Waals surface area contributed by atoms with Crippen LogP contribution in [-0.4, -0.2) is 32.4 Å². The fourth-order valence-electron chi connectivity index (χ4n) is 1.28. The molecule has 0 aromatic carbocycles. The highest BCUT2D eigenvalue weighted by Crippen LogP contribution is 2.22. The van der Waals surface area contributed by atoms with Gasteiger partial charge in [-0.15, -0.1) is 0 Å². The molecule has 13 heavy (non-hydrogen) atoms. The number of alkyl halides is 1. The lowest BCUT2D eigenvalue weighted by Gasteiger charge is -2.34. The van der Waals surface area contributed by atoms with Gasteiger partial charge in [0.15, 0.2) is 0 Å². The van der Waals surface area contributed by atoms with Crippen LogP contribution in [0.4, 0.5) is 0 Å². The smallest absolute Gasteiger partial charge is 0.252 e. The van der Waals surface area contributed by atoms with Crippen LogP contribution < -0.4 is 5.09 Å². The van der Waals surface area contributed by atoms with Crippen LogP contribution >= 0.6 is 20.1 Å². The molecule has 1 unspecified atom stereocenters. The Morgan fingerprint density at radius 2 is 1.54 bits per heavy atom.